The number of hydrogen-bond acceptors (Lipinski definition) is 4. The first-order valence-electron chi connectivity index (χ1n) is 8.37. The molecule has 24 heavy (non-hydrogen) atoms. The molecule has 0 aliphatic carbocycles. The van der Waals surface area contributed by atoms with Crippen molar-refractivity contribution in [1.29, 1.82) is 0 Å². The molecule has 2 heterocycles. The number of carboxylic acids is 1. The molecule has 2 aromatic rings. The number of hydrogen-bond donors (Lipinski definition) is 1. The molecule has 0 saturated carbocycles. The van der Waals surface area contributed by atoms with Crippen molar-refractivity contribution >= 4 is 23.0 Å². The van der Waals surface area contributed by atoms with Crippen LogP contribution in [0.1, 0.15) is 33.0 Å². The number of piperidine rings is 1. The summed E-state index contributed by atoms with van der Waals surface area (Å²) in [6.45, 7) is 4.95. The van der Waals surface area contributed by atoms with Crippen LogP contribution in [0.2, 0.25) is 0 Å². The zero-order chi connectivity index (χ0) is 17.1. The van der Waals surface area contributed by atoms with E-state index in [-0.39, 0.29) is 0 Å². The summed E-state index contributed by atoms with van der Waals surface area (Å²) in [5.74, 6) is -0.829. The van der Waals surface area contributed by atoms with Gasteiger partial charge in [0.1, 0.15) is 4.88 Å². The maximum Gasteiger partial charge on any atom is 0.345 e. The average molecular weight is 344 g/mol. The molecule has 1 fully saturated rings. The van der Waals surface area contributed by atoms with Gasteiger partial charge in [-0.3, -0.25) is 4.90 Å². The Hall–Kier alpha value is -1.85. The van der Waals surface area contributed by atoms with E-state index in [2.05, 4.69) is 47.2 Å². The maximum absolute atomic E-state index is 11.1. The van der Waals surface area contributed by atoms with Crippen LogP contribution in [0.4, 0.5) is 5.69 Å². The summed E-state index contributed by atoms with van der Waals surface area (Å²) < 4.78 is 0. The molecule has 0 amide bonds. The van der Waals surface area contributed by atoms with Gasteiger partial charge in [-0.2, -0.15) is 0 Å². The largest absolute Gasteiger partial charge is 0.477 e. The minimum atomic E-state index is -0.829. The third-order valence-electron chi connectivity index (χ3n) is 4.79. The van der Waals surface area contributed by atoms with Gasteiger partial charge in [-0.15, -0.1) is 11.3 Å². The molecule has 0 unspecified atom stereocenters. The van der Waals surface area contributed by atoms with Crippen molar-refractivity contribution in [2.45, 2.75) is 32.4 Å². The summed E-state index contributed by atoms with van der Waals surface area (Å²) in [4.78, 5) is 17.5. The van der Waals surface area contributed by atoms with Crippen molar-refractivity contribution in [3.05, 3.63) is 51.7 Å². The van der Waals surface area contributed by atoms with Crippen LogP contribution in [0, 0.1) is 6.92 Å². The Morgan fingerprint density at radius 1 is 1.38 bits per heavy atom. The van der Waals surface area contributed by atoms with Crippen molar-refractivity contribution in [2.75, 3.05) is 25.0 Å². The molecule has 1 saturated heterocycles. The molecule has 3 rings (SSSR count). The first-order chi connectivity index (χ1) is 11.5. The zero-order valence-corrected chi connectivity index (χ0v) is 15.1. The highest BCUT2D eigenvalue weighted by molar-refractivity contribution is 7.14. The van der Waals surface area contributed by atoms with Gasteiger partial charge in [0.2, 0.25) is 0 Å². The van der Waals surface area contributed by atoms with Gasteiger partial charge in [0, 0.05) is 36.2 Å². The van der Waals surface area contributed by atoms with Gasteiger partial charge in [-0.1, -0.05) is 18.2 Å². The van der Waals surface area contributed by atoms with Gasteiger partial charge in [0.05, 0.1) is 0 Å². The molecule has 5 heteroatoms. The Balaban J connectivity index is 1.66. The number of benzene rings is 1. The van der Waals surface area contributed by atoms with Crippen molar-refractivity contribution < 1.29 is 9.90 Å². The number of nitrogens with zero attached hydrogens (tertiary/aromatic N) is 2. The van der Waals surface area contributed by atoms with E-state index in [1.54, 1.807) is 0 Å². The molecule has 1 aliphatic heterocycles. The maximum atomic E-state index is 11.1. The second-order valence-corrected chi connectivity index (χ2v) is 7.75. The molecular formula is C19H24N2O2S. The SMILES string of the molecule is Cc1sc(C(=O)O)cc1CN(C)[C@H]1CCCN(c2ccccc2)C1. The predicted octanol–water partition coefficient (Wildman–Crippen LogP) is 3.86. The van der Waals surface area contributed by atoms with Crippen LogP contribution in [0.5, 0.6) is 0 Å². The Morgan fingerprint density at radius 3 is 2.79 bits per heavy atom. The van der Waals surface area contributed by atoms with E-state index in [9.17, 15) is 4.79 Å². The summed E-state index contributed by atoms with van der Waals surface area (Å²) in [5.41, 5.74) is 2.42. The fourth-order valence-electron chi connectivity index (χ4n) is 3.37. The molecular weight excluding hydrogens is 320 g/mol. The number of likely N-dealkylation sites (N-methyl/N-ethyl adjacent to an activating group) is 1. The number of carboxylic acid groups (broad SMARTS) is 1. The van der Waals surface area contributed by atoms with Crippen molar-refractivity contribution in [1.82, 2.24) is 4.90 Å². The molecule has 1 N–H and O–H groups in total. The molecule has 1 aromatic carbocycles. The monoisotopic (exact) mass is 344 g/mol. The Bertz CT molecular complexity index is 699. The highest BCUT2D eigenvalue weighted by Gasteiger charge is 2.24. The van der Waals surface area contributed by atoms with E-state index in [1.165, 1.54) is 29.9 Å². The fraction of sp³-hybridized carbons (Fsp3) is 0.421. The summed E-state index contributed by atoms with van der Waals surface area (Å²) in [6, 6.07) is 12.9. The third-order valence-corrected chi connectivity index (χ3v) is 5.87. The van der Waals surface area contributed by atoms with Gasteiger partial charge in [-0.25, -0.2) is 4.79 Å². The number of rotatable bonds is 5. The highest BCUT2D eigenvalue weighted by atomic mass is 32.1. The van der Waals surface area contributed by atoms with Crippen LogP contribution in [0.15, 0.2) is 36.4 Å². The smallest absolute Gasteiger partial charge is 0.345 e. The molecule has 4 nitrogen and oxygen atoms in total. The van der Waals surface area contributed by atoms with Crippen LogP contribution < -0.4 is 4.90 Å². The Morgan fingerprint density at radius 2 is 2.12 bits per heavy atom. The Kier molecular flexibility index (Phi) is 5.21. The lowest BCUT2D eigenvalue weighted by atomic mass is 10.0. The van der Waals surface area contributed by atoms with Gasteiger partial charge >= 0.3 is 5.97 Å². The quantitative estimate of drug-likeness (QED) is 0.895. The lowest BCUT2D eigenvalue weighted by Crippen LogP contribution is -2.46. The van der Waals surface area contributed by atoms with Crippen LogP contribution in [0.25, 0.3) is 0 Å². The van der Waals surface area contributed by atoms with E-state index in [1.807, 2.05) is 13.0 Å². The van der Waals surface area contributed by atoms with Gasteiger partial charge < -0.3 is 10.0 Å². The summed E-state index contributed by atoms with van der Waals surface area (Å²) in [5, 5.41) is 9.16. The minimum Gasteiger partial charge on any atom is -0.477 e. The molecule has 1 aromatic heterocycles. The minimum absolute atomic E-state index is 0.436. The van der Waals surface area contributed by atoms with E-state index in [0.717, 1.165) is 30.1 Å². The normalized spacial score (nSPS) is 18.1. The lowest BCUT2D eigenvalue weighted by Gasteiger charge is -2.39. The number of para-hydroxylation sites is 1. The van der Waals surface area contributed by atoms with E-state index in [0.29, 0.717) is 10.9 Å². The number of thiophene rings is 1. The topological polar surface area (TPSA) is 43.8 Å². The molecule has 1 aliphatic rings. The summed E-state index contributed by atoms with van der Waals surface area (Å²) >= 11 is 1.37. The van der Waals surface area contributed by atoms with E-state index in [4.69, 9.17) is 5.11 Å². The van der Waals surface area contributed by atoms with Crippen molar-refractivity contribution in [3.63, 3.8) is 0 Å². The van der Waals surface area contributed by atoms with Crippen LogP contribution in [-0.2, 0) is 6.54 Å². The molecule has 1 atom stereocenters. The third kappa shape index (κ3) is 3.79. The molecule has 128 valence electrons. The lowest BCUT2D eigenvalue weighted by molar-refractivity contribution is 0.0702. The second kappa shape index (κ2) is 7.36. The van der Waals surface area contributed by atoms with Crippen LogP contribution in [-0.4, -0.2) is 42.2 Å². The van der Waals surface area contributed by atoms with Gasteiger partial charge in [-0.05, 0) is 50.6 Å². The Labute approximate surface area is 147 Å². The molecule has 0 radical (unpaired) electrons. The number of aryl methyl sites for hydroxylation is 1. The number of aromatic carboxylic acids is 1. The van der Waals surface area contributed by atoms with Crippen LogP contribution >= 0.6 is 11.3 Å². The average Bonchev–Trinajstić information content (AvgIpc) is 2.97. The second-order valence-electron chi connectivity index (χ2n) is 6.49. The van der Waals surface area contributed by atoms with E-state index < -0.39 is 5.97 Å². The van der Waals surface area contributed by atoms with E-state index >= 15 is 0 Å². The predicted molar refractivity (Wildman–Crippen MR) is 99.2 cm³/mol. The number of carbonyl (C=O) groups is 1. The van der Waals surface area contributed by atoms with Crippen LogP contribution in [0.3, 0.4) is 0 Å². The fourth-order valence-corrected chi connectivity index (χ4v) is 4.24. The summed E-state index contributed by atoms with van der Waals surface area (Å²) in [7, 11) is 2.15. The van der Waals surface area contributed by atoms with Crippen molar-refractivity contribution in [3.8, 4) is 0 Å². The first-order valence-corrected chi connectivity index (χ1v) is 9.19. The van der Waals surface area contributed by atoms with Crippen molar-refractivity contribution in [2.24, 2.45) is 0 Å². The number of anilines is 1. The molecule has 0 bridgehead atoms. The zero-order valence-electron chi connectivity index (χ0n) is 14.2. The molecule has 0 spiro atoms. The first kappa shape index (κ1) is 17.0. The highest BCUT2D eigenvalue weighted by Crippen LogP contribution is 2.26. The van der Waals surface area contributed by atoms with Gasteiger partial charge in [0.25, 0.3) is 0 Å². The summed E-state index contributed by atoms with van der Waals surface area (Å²) in [6.07, 6.45) is 2.38. The van der Waals surface area contributed by atoms with Gasteiger partial charge in [0.15, 0.2) is 0 Å². The standard InChI is InChI=1S/C19H24N2O2S/c1-14-15(11-18(24-14)19(22)23)12-20(2)17-9-6-10-21(13-17)16-7-4-3-5-8-16/h3-5,7-8,11,17H,6,9-10,12-13H2,1-2H3,(H,22,23)/t17-/m0/s1.